The Labute approximate surface area is 115 Å². The molecule has 2 aromatic rings. The third-order valence-corrected chi connectivity index (χ3v) is 3.27. The molecule has 0 amide bonds. The highest BCUT2D eigenvalue weighted by Crippen LogP contribution is 2.32. The molecule has 2 heterocycles. The largest absolute Gasteiger partial charge is 0.502 e. The summed E-state index contributed by atoms with van der Waals surface area (Å²) in [6.07, 6.45) is 3.18. The van der Waals surface area contributed by atoms with Crippen molar-refractivity contribution in [3.05, 3.63) is 52.1 Å². The lowest BCUT2D eigenvalue weighted by Crippen LogP contribution is -2.13. The van der Waals surface area contributed by atoms with E-state index >= 15 is 0 Å². The zero-order chi connectivity index (χ0) is 13.9. The molecule has 1 aromatic heterocycles. The van der Waals surface area contributed by atoms with Crippen LogP contribution in [0.4, 0.5) is 5.69 Å². The van der Waals surface area contributed by atoms with Crippen LogP contribution in [0.2, 0.25) is 0 Å². The average molecular weight is 273 g/mol. The summed E-state index contributed by atoms with van der Waals surface area (Å²) in [6, 6.07) is 7.15. The first kappa shape index (κ1) is 12.6. The summed E-state index contributed by atoms with van der Waals surface area (Å²) in [5.41, 5.74) is 1.78. The molecule has 0 bridgehead atoms. The van der Waals surface area contributed by atoms with Gasteiger partial charge in [-0.1, -0.05) is 12.1 Å². The van der Waals surface area contributed by atoms with E-state index in [1.54, 1.807) is 0 Å². The van der Waals surface area contributed by atoms with E-state index in [9.17, 15) is 4.79 Å². The Morgan fingerprint density at radius 2 is 2.30 bits per heavy atom. The number of para-hydroxylation sites is 1. The SMILES string of the molecule is O=c1cc(COc2cccc3c2NCCC3)occ1O. The number of hydrogen-bond acceptors (Lipinski definition) is 5. The molecule has 2 N–H and O–H groups in total. The number of ether oxygens (including phenoxy) is 1. The molecule has 0 saturated heterocycles. The number of benzene rings is 1. The molecule has 20 heavy (non-hydrogen) atoms. The van der Waals surface area contributed by atoms with E-state index < -0.39 is 11.2 Å². The van der Waals surface area contributed by atoms with Gasteiger partial charge in [-0.3, -0.25) is 4.79 Å². The first-order valence-corrected chi connectivity index (χ1v) is 6.53. The van der Waals surface area contributed by atoms with Crippen LogP contribution in [0.1, 0.15) is 17.7 Å². The quantitative estimate of drug-likeness (QED) is 0.897. The van der Waals surface area contributed by atoms with Gasteiger partial charge >= 0.3 is 0 Å². The number of aromatic hydroxyl groups is 1. The van der Waals surface area contributed by atoms with Crippen molar-refractivity contribution < 1.29 is 14.3 Å². The molecular weight excluding hydrogens is 258 g/mol. The van der Waals surface area contributed by atoms with Gasteiger partial charge in [0.25, 0.3) is 0 Å². The van der Waals surface area contributed by atoms with Crippen molar-refractivity contribution >= 4 is 5.69 Å². The number of rotatable bonds is 3. The minimum atomic E-state index is -0.469. The first-order valence-electron chi connectivity index (χ1n) is 6.53. The smallest absolute Gasteiger partial charge is 0.226 e. The minimum absolute atomic E-state index is 0.146. The Hall–Kier alpha value is -2.43. The Morgan fingerprint density at radius 1 is 1.40 bits per heavy atom. The van der Waals surface area contributed by atoms with Crippen molar-refractivity contribution in [3.8, 4) is 11.5 Å². The van der Waals surface area contributed by atoms with Crippen LogP contribution in [0.3, 0.4) is 0 Å². The van der Waals surface area contributed by atoms with Crippen LogP contribution in [-0.4, -0.2) is 11.7 Å². The topological polar surface area (TPSA) is 71.7 Å². The van der Waals surface area contributed by atoms with E-state index in [0.717, 1.165) is 37.1 Å². The molecule has 1 aromatic carbocycles. The zero-order valence-corrected chi connectivity index (χ0v) is 10.9. The van der Waals surface area contributed by atoms with Gasteiger partial charge in [-0.2, -0.15) is 0 Å². The molecule has 104 valence electrons. The first-order chi connectivity index (χ1) is 9.74. The fourth-order valence-corrected chi connectivity index (χ4v) is 2.27. The maximum Gasteiger partial charge on any atom is 0.226 e. The lowest BCUT2D eigenvalue weighted by molar-refractivity contribution is 0.264. The normalized spacial score (nSPS) is 13.4. The summed E-state index contributed by atoms with van der Waals surface area (Å²) in [4.78, 5) is 11.3. The molecule has 0 spiro atoms. The number of anilines is 1. The van der Waals surface area contributed by atoms with Crippen LogP contribution in [0, 0.1) is 0 Å². The lowest BCUT2D eigenvalue weighted by Gasteiger charge is -2.20. The lowest BCUT2D eigenvalue weighted by atomic mass is 10.0. The molecule has 1 aliphatic rings. The van der Waals surface area contributed by atoms with Crippen molar-refractivity contribution in [1.29, 1.82) is 0 Å². The van der Waals surface area contributed by atoms with Gasteiger partial charge in [-0.25, -0.2) is 0 Å². The third kappa shape index (κ3) is 2.47. The summed E-state index contributed by atoms with van der Waals surface area (Å²) >= 11 is 0. The minimum Gasteiger partial charge on any atom is -0.502 e. The summed E-state index contributed by atoms with van der Waals surface area (Å²) in [6.45, 7) is 1.08. The Kier molecular flexibility index (Phi) is 3.33. The highest BCUT2D eigenvalue weighted by molar-refractivity contribution is 5.63. The van der Waals surface area contributed by atoms with Crippen molar-refractivity contribution in [2.45, 2.75) is 19.4 Å². The van der Waals surface area contributed by atoms with Gasteiger partial charge in [-0.15, -0.1) is 0 Å². The monoisotopic (exact) mass is 273 g/mol. The molecule has 0 aliphatic carbocycles. The van der Waals surface area contributed by atoms with Gasteiger partial charge in [0.1, 0.15) is 24.4 Å². The van der Waals surface area contributed by atoms with Gasteiger partial charge < -0.3 is 19.6 Å². The molecule has 0 unspecified atom stereocenters. The van der Waals surface area contributed by atoms with Crippen LogP contribution in [-0.2, 0) is 13.0 Å². The molecule has 5 nitrogen and oxygen atoms in total. The fourth-order valence-electron chi connectivity index (χ4n) is 2.27. The van der Waals surface area contributed by atoms with Crippen LogP contribution in [0.15, 0.2) is 39.7 Å². The Morgan fingerprint density at radius 3 is 3.15 bits per heavy atom. The number of hydrogen-bond donors (Lipinski definition) is 2. The maximum atomic E-state index is 11.3. The molecule has 3 rings (SSSR count). The van der Waals surface area contributed by atoms with Crippen molar-refractivity contribution in [3.63, 3.8) is 0 Å². The second-order valence-corrected chi connectivity index (χ2v) is 4.71. The molecule has 1 aliphatic heterocycles. The van der Waals surface area contributed by atoms with Crippen molar-refractivity contribution in [2.24, 2.45) is 0 Å². The van der Waals surface area contributed by atoms with E-state index in [1.807, 2.05) is 12.1 Å². The maximum absolute atomic E-state index is 11.3. The summed E-state index contributed by atoms with van der Waals surface area (Å²) in [7, 11) is 0. The van der Waals surface area contributed by atoms with Crippen LogP contribution >= 0.6 is 0 Å². The van der Waals surface area contributed by atoms with Gasteiger partial charge in [0, 0.05) is 12.6 Å². The average Bonchev–Trinajstić information content (AvgIpc) is 2.48. The third-order valence-electron chi connectivity index (χ3n) is 3.27. The second-order valence-electron chi connectivity index (χ2n) is 4.71. The number of nitrogens with one attached hydrogen (secondary N) is 1. The molecule has 5 heteroatoms. The van der Waals surface area contributed by atoms with Crippen LogP contribution in [0.25, 0.3) is 0 Å². The standard InChI is InChI=1S/C15H15NO4/c17-12-7-11(19-9-13(12)18)8-20-14-5-1-3-10-4-2-6-16-15(10)14/h1,3,5,7,9,16,18H,2,4,6,8H2. The van der Waals surface area contributed by atoms with E-state index in [1.165, 1.54) is 11.6 Å². The van der Waals surface area contributed by atoms with E-state index in [-0.39, 0.29) is 6.61 Å². The fraction of sp³-hybridized carbons (Fsp3) is 0.267. The predicted octanol–water partition coefficient (Wildman–Crippen LogP) is 2.28. The molecular formula is C15H15NO4. The van der Waals surface area contributed by atoms with E-state index in [4.69, 9.17) is 14.3 Å². The van der Waals surface area contributed by atoms with Gasteiger partial charge in [0.05, 0.1) is 5.69 Å². The summed E-state index contributed by atoms with van der Waals surface area (Å²) in [5, 5.41) is 12.5. The molecule has 0 atom stereocenters. The highest BCUT2D eigenvalue weighted by atomic mass is 16.5. The van der Waals surface area contributed by atoms with E-state index in [2.05, 4.69) is 11.4 Å². The Bertz CT molecular complexity index is 678. The van der Waals surface area contributed by atoms with Gasteiger partial charge in [0.15, 0.2) is 5.75 Å². The summed E-state index contributed by atoms with van der Waals surface area (Å²) < 4.78 is 10.8. The molecule has 0 fully saturated rings. The number of fused-ring (bicyclic) bond motifs is 1. The van der Waals surface area contributed by atoms with Gasteiger partial charge in [0.2, 0.25) is 5.43 Å². The van der Waals surface area contributed by atoms with Crippen molar-refractivity contribution in [2.75, 3.05) is 11.9 Å². The molecule has 0 radical (unpaired) electrons. The molecule has 0 saturated carbocycles. The highest BCUT2D eigenvalue weighted by Gasteiger charge is 2.13. The Balaban J connectivity index is 1.78. The van der Waals surface area contributed by atoms with Crippen LogP contribution < -0.4 is 15.5 Å². The van der Waals surface area contributed by atoms with Crippen molar-refractivity contribution in [1.82, 2.24) is 0 Å². The van der Waals surface area contributed by atoms with Crippen LogP contribution in [0.5, 0.6) is 11.5 Å². The second kappa shape index (κ2) is 5.28. The summed E-state index contributed by atoms with van der Waals surface area (Å²) in [5.74, 6) is 0.728. The predicted molar refractivity (Wildman–Crippen MR) is 74.2 cm³/mol. The van der Waals surface area contributed by atoms with Gasteiger partial charge in [-0.05, 0) is 24.5 Å². The van der Waals surface area contributed by atoms with E-state index in [0.29, 0.717) is 5.76 Å². The number of aryl methyl sites for hydroxylation is 1. The zero-order valence-electron chi connectivity index (χ0n) is 10.9.